The van der Waals surface area contributed by atoms with E-state index in [-0.39, 0.29) is 24.3 Å². The van der Waals surface area contributed by atoms with E-state index < -0.39 is 0 Å². The van der Waals surface area contributed by atoms with Gasteiger partial charge in [-0.1, -0.05) is 96.1 Å². The first-order chi connectivity index (χ1) is 12.2. The van der Waals surface area contributed by atoms with Gasteiger partial charge in [0.2, 0.25) is 0 Å². The summed E-state index contributed by atoms with van der Waals surface area (Å²) < 4.78 is 4.54. The van der Waals surface area contributed by atoms with Crippen LogP contribution in [0.4, 0.5) is 0 Å². The van der Waals surface area contributed by atoms with E-state index in [0.717, 1.165) is 6.42 Å². The smallest absolute Gasteiger partial charge is 0.317 e. The minimum Gasteiger partial charge on any atom is -0.393 e. The van der Waals surface area contributed by atoms with E-state index in [1.165, 1.54) is 83.5 Å². The first-order valence-corrected chi connectivity index (χ1v) is 10.6. The van der Waals surface area contributed by atoms with Crippen LogP contribution in [0.2, 0.25) is 0 Å². The predicted octanol–water partition coefficient (Wildman–Crippen LogP) is 6.50. The van der Waals surface area contributed by atoms with Crippen LogP contribution in [0.25, 0.3) is 0 Å². The molecule has 1 saturated heterocycles. The average Bonchev–Trinajstić information content (AvgIpc) is 2.92. The van der Waals surface area contributed by atoms with Crippen LogP contribution in [-0.4, -0.2) is 11.9 Å². The van der Waals surface area contributed by atoms with Crippen molar-refractivity contribution < 1.29 is 14.3 Å². The Morgan fingerprint density at radius 2 is 1.32 bits per heavy atom. The highest BCUT2D eigenvalue weighted by Gasteiger charge is 2.31. The lowest BCUT2D eigenvalue weighted by atomic mass is 10.0. The van der Waals surface area contributed by atoms with Gasteiger partial charge in [0.25, 0.3) is 0 Å². The average molecular weight is 351 g/mol. The summed E-state index contributed by atoms with van der Waals surface area (Å²) >= 11 is 0. The Labute approximate surface area is 154 Å². The van der Waals surface area contributed by atoms with Crippen molar-refractivity contribution in [3.63, 3.8) is 0 Å². The van der Waals surface area contributed by atoms with Crippen LogP contribution in [-0.2, 0) is 14.3 Å². The summed E-state index contributed by atoms with van der Waals surface area (Å²) in [5.74, 6) is -0.967. The molecule has 0 spiro atoms. The van der Waals surface area contributed by atoms with Crippen LogP contribution in [0.1, 0.15) is 110 Å². The Morgan fingerprint density at radius 1 is 0.800 bits per heavy atom. The van der Waals surface area contributed by atoms with Crippen LogP contribution < -0.4 is 0 Å². The number of carbonyl (C=O) groups excluding carboxylic acids is 2. The molecule has 1 rings (SSSR count). The molecule has 0 radical (unpaired) electrons. The summed E-state index contributed by atoms with van der Waals surface area (Å²) in [5, 5.41) is 0. The minimum atomic E-state index is -0.375. The fourth-order valence-corrected chi connectivity index (χ4v) is 3.36. The van der Waals surface area contributed by atoms with Gasteiger partial charge >= 0.3 is 11.9 Å². The molecular weight excluding hydrogens is 312 g/mol. The highest BCUT2D eigenvalue weighted by atomic mass is 16.6. The van der Waals surface area contributed by atoms with Gasteiger partial charge in [-0.3, -0.25) is 9.59 Å². The van der Waals surface area contributed by atoms with Gasteiger partial charge in [0.15, 0.2) is 0 Å². The zero-order chi connectivity index (χ0) is 18.2. The lowest BCUT2D eigenvalue weighted by Crippen LogP contribution is -2.05. The molecule has 1 unspecified atom stereocenters. The molecule has 144 valence electrons. The SMILES string of the molecule is CCCCCCCCCCCCCCC/C=C/CC1CC(=O)OC1=O. The molecule has 0 N–H and O–H groups in total. The van der Waals surface area contributed by atoms with E-state index in [1.54, 1.807) is 0 Å². The maximum atomic E-state index is 11.3. The summed E-state index contributed by atoms with van der Waals surface area (Å²) in [6.07, 6.45) is 24.1. The second-order valence-corrected chi connectivity index (χ2v) is 7.43. The number of cyclic esters (lactones) is 2. The molecule has 0 aliphatic carbocycles. The molecule has 0 amide bonds. The second-order valence-electron chi connectivity index (χ2n) is 7.43. The van der Waals surface area contributed by atoms with Crippen LogP contribution in [0.3, 0.4) is 0 Å². The lowest BCUT2D eigenvalue weighted by molar-refractivity contribution is -0.153. The van der Waals surface area contributed by atoms with E-state index in [9.17, 15) is 9.59 Å². The Morgan fingerprint density at radius 3 is 1.80 bits per heavy atom. The molecular formula is C22H38O3. The van der Waals surface area contributed by atoms with Gasteiger partial charge in [-0.25, -0.2) is 0 Å². The third-order valence-corrected chi connectivity index (χ3v) is 5.02. The van der Waals surface area contributed by atoms with Gasteiger partial charge in [0.05, 0.1) is 12.3 Å². The number of hydrogen-bond acceptors (Lipinski definition) is 3. The summed E-state index contributed by atoms with van der Waals surface area (Å²) in [7, 11) is 0. The molecule has 25 heavy (non-hydrogen) atoms. The van der Waals surface area contributed by atoms with E-state index in [4.69, 9.17) is 0 Å². The number of carbonyl (C=O) groups is 2. The van der Waals surface area contributed by atoms with Crippen molar-refractivity contribution in [3.8, 4) is 0 Å². The van der Waals surface area contributed by atoms with Crippen molar-refractivity contribution >= 4 is 11.9 Å². The first-order valence-electron chi connectivity index (χ1n) is 10.6. The standard InChI is InChI=1S/C22H38O3/c1-2-3-4-5-6-7-8-9-10-11-12-13-14-15-16-17-18-20-19-21(23)25-22(20)24/h16-17,20H,2-15,18-19H2,1H3/b17-16+. The van der Waals surface area contributed by atoms with Crippen molar-refractivity contribution in [2.45, 2.75) is 110 Å². The van der Waals surface area contributed by atoms with Crippen molar-refractivity contribution in [1.82, 2.24) is 0 Å². The molecule has 3 heteroatoms. The van der Waals surface area contributed by atoms with Gasteiger partial charge in [0.1, 0.15) is 0 Å². The molecule has 3 nitrogen and oxygen atoms in total. The molecule has 1 aliphatic heterocycles. The molecule has 0 aromatic heterocycles. The third-order valence-electron chi connectivity index (χ3n) is 5.02. The molecule has 1 atom stereocenters. The molecule has 1 heterocycles. The number of rotatable bonds is 16. The summed E-state index contributed by atoms with van der Waals surface area (Å²) in [6, 6.07) is 0. The van der Waals surface area contributed by atoms with Gasteiger partial charge < -0.3 is 4.74 Å². The number of ether oxygens (including phenoxy) is 1. The van der Waals surface area contributed by atoms with Crippen molar-refractivity contribution in [2.75, 3.05) is 0 Å². The fraction of sp³-hybridized carbons (Fsp3) is 0.818. The lowest BCUT2D eigenvalue weighted by Gasteiger charge is -2.02. The third kappa shape index (κ3) is 12.0. The summed E-state index contributed by atoms with van der Waals surface area (Å²) in [4.78, 5) is 22.3. The van der Waals surface area contributed by atoms with Gasteiger partial charge in [-0.05, 0) is 19.3 Å². The Hall–Kier alpha value is -1.12. The van der Waals surface area contributed by atoms with Crippen LogP contribution >= 0.6 is 0 Å². The highest BCUT2D eigenvalue weighted by molar-refractivity contribution is 5.94. The number of allylic oxidation sites excluding steroid dienone is 2. The van der Waals surface area contributed by atoms with E-state index >= 15 is 0 Å². The van der Waals surface area contributed by atoms with Crippen LogP contribution in [0, 0.1) is 5.92 Å². The minimum absolute atomic E-state index is 0.240. The fourth-order valence-electron chi connectivity index (χ4n) is 3.36. The summed E-state index contributed by atoms with van der Waals surface area (Å²) in [6.45, 7) is 2.27. The normalized spacial score (nSPS) is 17.6. The highest BCUT2D eigenvalue weighted by Crippen LogP contribution is 2.20. The molecule has 0 bridgehead atoms. The molecule has 1 fully saturated rings. The van der Waals surface area contributed by atoms with Crippen molar-refractivity contribution in [1.29, 1.82) is 0 Å². The zero-order valence-electron chi connectivity index (χ0n) is 16.3. The van der Waals surface area contributed by atoms with Crippen molar-refractivity contribution in [3.05, 3.63) is 12.2 Å². The van der Waals surface area contributed by atoms with Crippen LogP contribution in [0.5, 0.6) is 0 Å². The zero-order valence-corrected chi connectivity index (χ0v) is 16.3. The predicted molar refractivity (Wildman–Crippen MR) is 103 cm³/mol. The monoisotopic (exact) mass is 350 g/mol. The molecule has 1 aliphatic rings. The molecule has 0 aromatic rings. The van der Waals surface area contributed by atoms with E-state index in [2.05, 4.69) is 17.7 Å². The van der Waals surface area contributed by atoms with Crippen molar-refractivity contribution in [2.24, 2.45) is 5.92 Å². The topological polar surface area (TPSA) is 43.4 Å². The number of unbranched alkanes of at least 4 members (excludes halogenated alkanes) is 13. The van der Waals surface area contributed by atoms with E-state index in [1.807, 2.05) is 6.08 Å². The Kier molecular flexibility index (Phi) is 13.3. The molecule has 0 aromatic carbocycles. The molecule has 0 saturated carbocycles. The van der Waals surface area contributed by atoms with Gasteiger partial charge in [-0.15, -0.1) is 0 Å². The number of hydrogen-bond donors (Lipinski definition) is 0. The van der Waals surface area contributed by atoms with Crippen LogP contribution in [0.15, 0.2) is 12.2 Å². The quantitative estimate of drug-likeness (QED) is 0.138. The first kappa shape index (κ1) is 21.9. The second kappa shape index (κ2) is 15.2. The maximum Gasteiger partial charge on any atom is 0.317 e. The Bertz CT molecular complexity index is 387. The number of esters is 2. The summed E-state index contributed by atoms with van der Waals surface area (Å²) in [5.41, 5.74) is 0. The largest absolute Gasteiger partial charge is 0.393 e. The Balaban J connectivity index is 1.78. The maximum absolute atomic E-state index is 11.3. The van der Waals surface area contributed by atoms with E-state index in [0.29, 0.717) is 6.42 Å². The van der Waals surface area contributed by atoms with Gasteiger partial charge in [0, 0.05) is 0 Å². The van der Waals surface area contributed by atoms with Gasteiger partial charge in [-0.2, -0.15) is 0 Å².